The normalized spacial score (nSPS) is 12.5. The smallest absolute Gasteiger partial charge is 0.241 e. The maximum absolute atomic E-state index is 12.0. The van der Waals surface area contributed by atoms with Crippen LogP contribution in [0.25, 0.3) is 0 Å². The van der Waals surface area contributed by atoms with Crippen molar-refractivity contribution in [2.75, 3.05) is 25.5 Å². The third kappa shape index (κ3) is 4.10. The van der Waals surface area contributed by atoms with Gasteiger partial charge in [-0.3, -0.25) is 9.69 Å². The number of rotatable bonds is 6. The lowest BCUT2D eigenvalue weighted by atomic mass is 10.2. The highest BCUT2D eigenvalue weighted by atomic mass is 16.3. The van der Waals surface area contributed by atoms with E-state index in [-0.39, 0.29) is 18.6 Å². The van der Waals surface area contributed by atoms with Crippen molar-refractivity contribution in [3.05, 3.63) is 29.8 Å². The van der Waals surface area contributed by atoms with Gasteiger partial charge >= 0.3 is 0 Å². The van der Waals surface area contributed by atoms with E-state index in [1.807, 2.05) is 24.3 Å². The zero-order valence-corrected chi connectivity index (χ0v) is 10.9. The van der Waals surface area contributed by atoms with Crippen LogP contribution >= 0.6 is 0 Å². The first-order chi connectivity index (χ1) is 8.58. The Morgan fingerprint density at radius 3 is 2.89 bits per heavy atom. The fraction of sp³-hybridized carbons (Fsp3) is 0.462. The van der Waals surface area contributed by atoms with Gasteiger partial charge in [0.15, 0.2) is 0 Å². The van der Waals surface area contributed by atoms with E-state index in [4.69, 9.17) is 10.8 Å². The number of nitrogens with one attached hydrogen (secondary N) is 1. The molecule has 5 heteroatoms. The summed E-state index contributed by atoms with van der Waals surface area (Å²) in [6.45, 7) is 2.76. The number of aliphatic hydroxyl groups excluding tert-OH is 1. The van der Waals surface area contributed by atoms with Crippen molar-refractivity contribution in [2.45, 2.75) is 19.5 Å². The van der Waals surface area contributed by atoms with Gasteiger partial charge in [0.25, 0.3) is 0 Å². The van der Waals surface area contributed by atoms with E-state index in [0.29, 0.717) is 13.1 Å². The third-order valence-corrected chi connectivity index (χ3v) is 2.92. The number of anilines is 1. The van der Waals surface area contributed by atoms with Crippen molar-refractivity contribution >= 4 is 11.6 Å². The average Bonchev–Trinajstić information content (AvgIpc) is 2.38. The average molecular weight is 251 g/mol. The third-order valence-electron chi connectivity index (χ3n) is 2.92. The molecule has 1 aromatic carbocycles. The molecule has 0 bridgehead atoms. The molecule has 1 amide bonds. The minimum Gasteiger partial charge on any atom is -0.395 e. The molecule has 100 valence electrons. The highest BCUT2D eigenvalue weighted by Crippen LogP contribution is 2.11. The Morgan fingerprint density at radius 2 is 2.28 bits per heavy atom. The molecule has 0 radical (unpaired) electrons. The molecule has 0 aliphatic rings. The molecule has 5 nitrogen and oxygen atoms in total. The van der Waals surface area contributed by atoms with E-state index in [9.17, 15) is 4.79 Å². The molecule has 1 aromatic rings. The van der Waals surface area contributed by atoms with Gasteiger partial charge in [0, 0.05) is 18.8 Å². The number of likely N-dealkylation sites (N-methyl/N-ethyl adjacent to an activating group) is 1. The standard InChI is InChI=1S/C13H21N3O2/c1-10(16(2)6-7-17)13(18)15-12-5-3-4-11(8-12)9-14/h3-5,8,10,17H,6-7,9,14H2,1-2H3,(H,15,18). The number of hydrogen-bond acceptors (Lipinski definition) is 4. The molecule has 1 atom stereocenters. The number of benzene rings is 1. The van der Waals surface area contributed by atoms with Crippen LogP contribution in [0.5, 0.6) is 0 Å². The molecule has 1 rings (SSSR count). The van der Waals surface area contributed by atoms with E-state index in [2.05, 4.69) is 5.32 Å². The summed E-state index contributed by atoms with van der Waals surface area (Å²) in [5, 5.41) is 11.7. The van der Waals surface area contributed by atoms with Crippen LogP contribution in [-0.2, 0) is 11.3 Å². The van der Waals surface area contributed by atoms with Gasteiger partial charge in [0.05, 0.1) is 12.6 Å². The number of nitrogens with two attached hydrogens (primary N) is 1. The number of carbonyl (C=O) groups excluding carboxylic acids is 1. The maximum Gasteiger partial charge on any atom is 0.241 e. The van der Waals surface area contributed by atoms with Gasteiger partial charge in [-0.15, -0.1) is 0 Å². The van der Waals surface area contributed by atoms with Gasteiger partial charge in [0.1, 0.15) is 0 Å². The first-order valence-corrected chi connectivity index (χ1v) is 5.99. The lowest BCUT2D eigenvalue weighted by molar-refractivity contribution is -0.120. The van der Waals surface area contributed by atoms with Gasteiger partial charge in [-0.05, 0) is 31.7 Å². The molecule has 0 aliphatic carbocycles. The molecular weight excluding hydrogens is 230 g/mol. The summed E-state index contributed by atoms with van der Waals surface area (Å²) in [6.07, 6.45) is 0. The number of nitrogens with zero attached hydrogens (tertiary/aromatic N) is 1. The molecule has 1 unspecified atom stereocenters. The Morgan fingerprint density at radius 1 is 1.56 bits per heavy atom. The van der Waals surface area contributed by atoms with E-state index in [0.717, 1.165) is 11.3 Å². The summed E-state index contributed by atoms with van der Waals surface area (Å²) in [5.74, 6) is -0.0971. The van der Waals surface area contributed by atoms with Gasteiger partial charge in [-0.25, -0.2) is 0 Å². The number of hydrogen-bond donors (Lipinski definition) is 3. The molecule has 0 spiro atoms. The van der Waals surface area contributed by atoms with Crippen molar-refractivity contribution in [2.24, 2.45) is 5.73 Å². The minimum atomic E-state index is -0.293. The van der Waals surface area contributed by atoms with Crippen LogP contribution in [0, 0.1) is 0 Å². The quantitative estimate of drug-likeness (QED) is 0.683. The second-order valence-corrected chi connectivity index (χ2v) is 4.27. The fourth-order valence-corrected chi connectivity index (χ4v) is 1.57. The van der Waals surface area contributed by atoms with Gasteiger partial charge < -0.3 is 16.2 Å². The Kier molecular flexibility index (Phi) is 5.77. The Balaban J connectivity index is 2.63. The first kappa shape index (κ1) is 14.6. The van der Waals surface area contributed by atoms with Crippen LogP contribution in [-0.4, -0.2) is 42.2 Å². The topological polar surface area (TPSA) is 78.6 Å². The Labute approximate surface area is 108 Å². The summed E-state index contributed by atoms with van der Waals surface area (Å²) < 4.78 is 0. The molecule has 0 heterocycles. The lowest BCUT2D eigenvalue weighted by Gasteiger charge is -2.22. The van der Waals surface area contributed by atoms with Crippen molar-refractivity contribution < 1.29 is 9.90 Å². The van der Waals surface area contributed by atoms with E-state index in [1.54, 1.807) is 18.9 Å². The molecule has 4 N–H and O–H groups in total. The zero-order valence-electron chi connectivity index (χ0n) is 10.9. The van der Waals surface area contributed by atoms with Crippen LogP contribution in [0.1, 0.15) is 12.5 Å². The van der Waals surface area contributed by atoms with Crippen LogP contribution in [0.2, 0.25) is 0 Å². The van der Waals surface area contributed by atoms with Crippen molar-refractivity contribution in [3.8, 4) is 0 Å². The minimum absolute atomic E-state index is 0.0385. The second-order valence-electron chi connectivity index (χ2n) is 4.27. The van der Waals surface area contributed by atoms with Crippen molar-refractivity contribution in [1.82, 2.24) is 4.90 Å². The molecule has 0 fully saturated rings. The maximum atomic E-state index is 12.0. The number of carbonyl (C=O) groups is 1. The van der Waals surface area contributed by atoms with Crippen LogP contribution in [0.4, 0.5) is 5.69 Å². The van der Waals surface area contributed by atoms with Crippen molar-refractivity contribution in [3.63, 3.8) is 0 Å². The summed E-state index contributed by atoms with van der Waals surface area (Å²) in [7, 11) is 1.80. The second kappa shape index (κ2) is 7.10. The predicted molar refractivity (Wildman–Crippen MR) is 72.1 cm³/mol. The lowest BCUT2D eigenvalue weighted by Crippen LogP contribution is -2.40. The SMILES string of the molecule is CC(C(=O)Nc1cccc(CN)c1)N(C)CCO. The number of amides is 1. The van der Waals surface area contributed by atoms with Crippen molar-refractivity contribution in [1.29, 1.82) is 0 Å². The Hall–Kier alpha value is -1.43. The summed E-state index contributed by atoms with van der Waals surface area (Å²) >= 11 is 0. The fourth-order valence-electron chi connectivity index (χ4n) is 1.57. The summed E-state index contributed by atoms with van der Waals surface area (Å²) in [6, 6.07) is 7.17. The van der Waals surface area contributed by atoms with Crippen LogP contribution in [0.15, 0.2) is 24.3 Å². The van der Waals surface area contributed by atoms with Gasteiger partial charge in [0.2, 0.25) is 5.91 Å². The summed E-state index contributed by atoms with van der Waals surface area (Å²) in [4.78, 5) is 13.8. The molecule has 0 saturated heterocycles. The highest BCUT2D eigenvalue weighted by molar-refractivity contribution is 5.94. The molecule has 18 heavy (non-hydrogen) atoms. The molecular formula is C13H21N3O2. The number of aliphatic hydroxyl groups is 1. The molecule has 0 saturated carbocycles. The zero-order chi connectivity index (χ0) is 13.5. The largest absolute Gasteiger partial charge is 0.395 e. The van der Waals surface area contributed by atoms with E-state index < -0.39 is 0 Å². The predicted octanol–water partition coefficient (Wildman–Crippen LogP) is 0.396. The van der Waals surface area contributed by atoms with E-state index in [1.165, 1.54) is 0 Å². The Bertz CT molecular complexity index is 396. The van der Waals surface area contributed by atoms with Crippen LogP contribution < -0.4 is 11.1 Å². The molecule has 0 aromatic heterocycles. The van der Waals surface area contributed by atoms with Gasteiger partial charge in [-0.2, -0.15) is 0 Å². The highest BCUT2D eigenvalue weighted by Gasteiger charge is 2.17. The monoisotopic (exact) mass is 251 g/mol. The van der Waals surface area contributed by atoms with Gasteiger partial charge in [-0.1, -0.05) is 12.1 Å². The van der Waals surface area contributed by atoms with Crippen LogP contribution in [0.3, 0.4) is 0 Å². The molecule has 0 aliphatic heterocycles. The summed E-state index contributed by atoms with van der Waals surface area (Å²) in [5.41, 5.74) is 7.27. The first-order valence-electron chi connectivity index (χ1n) is 5.99. The van der Waals surface area contributed by atoms with E-state index >= 15 is 0 Å².